The van der Waals surface area contributed by atoms with Gasteiger partial charge in [-0.3, -0.25) is 9.59 Å². The van der Waals surface area contributed by atoms with Crippen molar-refractivity contribution in [2.24, 2.45) is 5.16 Å². The van der Waals surface area contributed by atoms with Crippen molar-refractivity contribution in [1.29, 1.82) is 0 Å². The lowest BCUT2D eigenvalue weighted by Crippen LogP contribution is -2.34. The third-order valence-electron chi connectivity index (χ3n) is 1.29. The first kappa shape index (κ1) is 10.6. The molecule has 0 fully saturated rings. The Labute approximate surface area is 70.7 Å². The molecule has 1 N–H and O–H groups in total. The van der Waals surface area contributed by atoms with E-state index in [4.69, 9.17) is 5.21 Å². The highest BCUT2D eigenvalue weighted by Crippen LogP contribution is 1.91. The van der Waals surface area contributed by atoms with Crippen molar-refractivity contribution in [2.75, 3.05) is 14.1 Å². The number of rotatable bonds is 3. The molecule has 0 saturated carbocycles. The van der Waals surface area contributed by atoms with Gasteiger partial charge in [0.2, 0.25) is 5.71 Å². The molecule has 0 saturated heterocycles. The maximum atomic E-state index is 11.1. The van der Waals surface area contributed by atoms with Crippen LogP contribution in [0.2, 0.25) is 0 Å². The molecule has 0 rings (SSSR count). The Morgan fingerprint density at radius 2 is 1.92 bits per heavy atom. The van der Waals surface area contributed by atoms with Gasteiger partial charge in [-0.15, -0.1) is 0 Å². The summed E-state index contributed by atoms with van der Waals surface area (Å²) < 4.78 is 0. The molecule has 0 atom stereocenters. The Morgan fingerprint density at radius 1 is 1.42 bits per heavy atom. The van der Waals surface area contributed by atoms with Crippen LogP contribution in [-0.2, 0) is 9.59 Å². The van der Waals surface area contributed by atoms with E-state index < -0.39 is 17.4 Å². The molecule has 5 nitrogen and oxygen atoms in total. The maximum absolute atomic E-state index is 11.1. The van der Waals surface area contributed by atoms with Crippen molar-refractivity contribution in [3.05, 3.63) is 0 Å². The first-order valence-corrected chi connectivity index (χ1v) is 3.51. The van der Waals surface area contributed by atoms with Crippen molar-refractivity contribution in [3.8, 4) is 0 Å². The number of hydrogen-bond donors (Lipinski definition) is 1. The number of Topliss-reactive ketones (excluding diaryl/α,β-unsaturated/α-hetero) is 1. The molecular formula is C7H12N2O3. The maximum Gasteiger partial charge on any atom is 0.279 e. The minimum atomic E-state index is -0.579. The zero-order valence-electron chi connectivity index (χ0n) is 7.37. The molecule has 68 valence electrons. The number of oxime groups is 1. The predicted octanol–water partition coefficient (Wildman–Crippen LogP) is -0.116. The van der Waals surface area contributed by atoms with E-state index in [-0.39, 0.29) is 6.42 Å². The highest BCUT2D eigenvalue weighted by Gasteiger charge is 2.20. The van der Waals surface area contributed by atoms with Gasteiger partial charge in [0.25, 0.3) is 5.91 Å². The Bertz CT molecular complexity index is 221. The monoisotopic (exact) mass is 172 g/mol. The number of ketones is 1. The van der Waals surface area contributed by atoms with E-state index >= 15 is 0 Å². The molecular weight excluding hydrogens is 160 g/mol. The van der Waals surface area contributed by atoms with Crippen LogP contribution in [0.15, 0.2) is 5.16 Å². The zero-order chi connectivity index (χ0) is 9.72. The van der Waals surface area contributed by atoms with Crippen LogP contribution < -0.4 is 0 Å². The normalized spacial score (nSPS) is 11.1. The van der Waals surface area contributed by atoms with Gasteiger partial charge >= 0.3 is 0 Å². The van der Waals surface area contributed by atoms with Gasteiger partial charge in [-0.25, -0.2) is 0 Å². The number of hydrogen-bond acceptors (Lipinski definition) is 4. The Hall–Kier alpha value is -1.39. The molecule has 0 radical (unpaired) electrons. The number of nitrogens with zero attached hydrogens (tertiary/aromatic N) is 2. The van der Waals surface area contributed by atoms with Gasteiger partial charge in [0, 0.05) is 20.5 Å². The minimum absolute atomic E-state index is 0.152. The van der Waals surface area contributed by atoms with Gasteiger partial charge in [0.05, 0.1) is 0 Å². The molecule has 0 aliphatic heterocycles. The highest BCUT2D eigenvalue weighted by atomic mass is 16.4. The van der Waals surface area contributed by atoms with Crippen LogP contribution in [0.25, 0.3) is 0 Å². The van der Waals surface area contributed by atoms with Crippen LogP contribution in [0, 0.1) is 0 Å². The van der Waals surface area contributed by atoms with Gasteiger partial charge in [-0.2, -0.15) is 0 Å². The fraction of sp³-hybridized carbons (Fsp3) is 0.571. The first-order valence-electron chi connectivity index (χ1n) is 3.51. The molecule has 5 heteroatoms. The topological polar surface area (TPSA) is 70.0 Å². The standard InChI is InChI=1S/C7H12N2O3/c1-4-5(10)6(8-12)7(11)9(2)3/h12H,4H2,1-3H3/b8-6+. The van der Waals surface area contributed by atoms with Crippen molar-refractivity contribution in [3.63, 3.8) is 0 Å². The van der Waals surface area contributed by atoms with Gasteiger partial charge in [-0.1, -0.05) is 12.1 Å². The molecule has 0 aromatic rings. The van der Waals surface area contributed by atoms with E-state index in [9.17, 15) is 9.59 Å². The summed E-state index contributed by atoms with van der Waals surface area (Å²) in [7, 11) is 2.97. The van der Waals surface area contributed by atoms with Crippen LogP contribution in [0.1, 0.15) is 13.3 Å². The van der Waals surface area contributed by atoms with E-state index in [1.807, 2.05) is 0 Å². The van der Waals surface area contributed by atoms with Gasteiger partial charge in [0.1, 0.15) is 0 Å². The van der Waals surface area contributed by atoms with Crippen LogP contribution in [0.4, 0.5) is 0 Å². The predicted molar refractivity (Wildman–Crippen MR) is 43.2 cm³/mol. The lowest BCUT2D eigenvalue weighted by Gasteiger charge is -2.09. The lowest BCUT2D eigenvalue weighted by atomic mass is 10.2. The smallest absolute Gasteiger partial charge is 0.279 e. The summed E-state index contributed by atoms with van der Waals surface area (Å²) in [6.07, 6.45) is 0.152. The molecule has 0 aliphatic carbocycles. The second kappa shape index (κ2) is 4.48. The second-order valence-corrected chi connectivity index (χ2v) is 2.42. The van der Waals surface area contributed by atoms with E-state index in [1.165, 1.54) is 19.0 Å². The quantitative estimate of drug-likeness (QED) is 0.279. The number of amides is 1. The van der Waals surface area contributed by atoms with Crippen LogP contribution in [0.3, 0.4) is 0 Å². The summed E-state index contributed by atoms with van der Waals surface area (Å²) in [4.78, 5) is 23.2. The van der Waals surface area contributed by atoms with Crippen LogP contribution in [0.5, 0.6) is 0 Å². The first-order chi connectivity index (χ1) is 5.54. The van der Waals surface area contributed by atoms with Crippen LogP contribution >= 0.6 is 0 Å². The largest absolute Gasteiger partial charge is 0.410 e. The zero-order valence-corrected chi connectivity index (χ0v) is 7.37. The van der Waals surface area contributed by atoms with Crippen molar-refractivity contribution >= 4 is 17.4 Å². The van der Waals surface area contributed by atoms with Gasteiger partial charge in [-0.05, 0) is 0 Å². The molecule has 0 aliphatic rings. The molecule has 0 spiro atoms. The summed E-state index contributed by atoms with van der Waals surface area (Å²) in [6.45, 7) is 1.59. The molecule has 12 heavy (non-hydrogen) atoms. The summed E-state index contributed by atoms with van der Waals surface area (Å²) in [6, 6.07) is 0. The molecule has 0 unspecified atom stereocenters. The summed E-state index contributed by atoms with van der Waals surface area (Å²) in [5.41, 5.74) is -0.414. The summed E-state index contributed by atoms with van der Waals surface area (Å²) >= 11 is 0. The highest BCUT2D eigenvalue weighted by molar-refractivity contribution is 6.65. The fourth-order valence-corrected chi connectivity index (χ4v) is 0.597. The number of carbonyl (C=O) groups is 2. The van der Waals surface area contributed by atoms with E-state index in [1.54, 1.807) is 6.92 Å². The molecule has 0 heterocycles. The fourth-order valence-electron chi connectivity index (χ4n) is 0.597. The third-order valence-corrected chi connectivity index (χ3v) is 1.29. The van der Waals surface area contributed by atoms with E-state index in [2.05, 4.69) is 5.16 Å². The Balaban J connectivity index is 4.60. The average molecular weight is 172 g/mol. The van der Waals surface area contributed by atoms with E-state index in [0.717, 1.165) is 0 Å². The number of carbonyl (C=O) groups excluding carboxylic acids is 2. The van der Waals surface area contributed by atoms with Crippen LogP contribution in [-0.4, -0.2) is 41.6 Å². The average Bonchev–Trinajstić information content (AvgIpc) is 2.05. The van der Waals surface area contributed by atoms with E-state index in [0.29, 0.717) is 0 Å². The van der Waals surface area contributed by atoms with Crippen molar-refractivity contribution in [2.45, 2.75) is 13.3 Å². The van der Waals surface area contributed by atoms with Crippen molar-refractivity contribution in [1.82, 2.24) is 4.90 Å². The Kier molecular flexibility index (Phi) is 3.96. The molecule has 0 bridgehead atoms. The summed E-state index contributed by atoms with van der Waals surface area (Å²) in [5.74, 6) is -1.04. The molecule has 0 aromatic carbocycles. The summed E-state index contributed by atoms with van der Waals surface area (Å²) in [5, 5.41) is 11.0. The second-order valence-electron chi connectivity index (χ2n) is 2.42. The van der Waals surface area contributed by atoms with Crippen molar-refractivity contribution < 1.29 is 14.8 Å². The van der Waals surface area contributed by atoms with Gasteiger partial charge < -0.3 is 10.1 Å². The SMILES string of the molecule is CCC(=O)/C(=N\O)C(=O)N(C)C. The Morgan fingerprint density at radius 3 is 2.17 bits per heavy atom. The molecule has 1 amide bonds. The minimum Gasteiger partial charge on any atom is -0.410 e. The van der Waals surface area contributed by atoms with Gasteiger partial charge in [0.15, 0.2) is 5.78 Å². The molecule has 0 aromatic heterocycles. The third kappa shape index (κ3) is 2.34. The lowest BCUT2D eigenvalue weighted by molar-refractivity contribution is -0.123.